The molecule has 2 aromatic rings. The molecule has 0 aliphatic carbocycles. The average Bonchev–Trinajstić information content (AvgIpc) is 2.55. The smallest absolute Gasteiger partial charge is 0.200 e. The molecule has 0 spiro atoms. The third-order valence-corrected chi connectivity index (χ3v) is 1.65. The van der Waals surface area contributed by atoms with Gasteiger partial charge in [-0.3, -0.25) is 0 Å². The van der Waals surface area contributed by atoms with Crippen molar-refractivity contribution in [2.45, 2.75) is 0 Å². The molecular formula is C7H6ClN3. The highest BCUT2D eigenvalue weighted by Gasteiger charge is 1.99. The number of rotatable bonds is 1. The van der Waals surface area contributed by atoms with E-state index in [9.17, 15) is 0 Å². The van der Waals surface area contributed by atoms with E-state index in [1.54, 1.807) is 6.20 Å². The predicted molar refractivity (Wildman–Crippen MR) is 43.4 cm³/mol. The SMILES string of the molecule is Clc1ncc(-c2cc[nH]c2)[nH]1. The van der Waals surface area contributed by atoms with Crippen LogP contribution in [0.1, 0.15) is 0 Å². The number of imidazole rings is 1. The molecule has 0 aliphatic heterocycles. The standard InChI is InChI=1S/C7H6ClN3/c8-7-10-4-6(11-7)5-1-2-9-3-5/h1-4,9H,(H,10,11). The molecule has 56 valence electrons. The van der Waals surface area contributed by atoms with Crippen molar-refractivity contribution in [3.05, 3.63) is 29.9 Å². The fraction of sp³-hybridized carbons (Fsp3) is 0. The summed E-state index contributed by atoms with van der Waals surface area (Å²) in [5, 5.41) is 0.418. The highest BCUT2D eigenvalue weighted by molar-refractivity contribution is 6.28. The molecule has 0 aliphatic rings. The van der Waals surface area contributed by atoms with E-state index in [-0.39, 0.29) is 0 Å². The van der Waals surface area contributed by atoms with Crippen molar-refractivity contribution in [2.24, 2.45) is 0 Å². The summed E-state index contributed by atoms with van der Waals surface area (Å²) in [6.45, 7) is 0. The van der Waals surface area contributed by atoms with Crippen LogP contribution in [-0.2, 0) is 0 Å². The Morgan fingerprint density at radius 2 is 2.36 bits per heavy atom. The maximum atomic E-state index is 5.60. The van der Waals surface area contributed by atoms with E-state index in [1.807, 2.05) is 18.5 Å². The van der Waals surface area contributed by atoms with Gasteiger partial charge in [-0.1, -0.05) is 0 Å². The summed E-state index contributed by atoms with van der Waals surface area (Å²) in [5.41, 5.74) is 1.99. The minimum absolute atomic E-state index is 0.418. The molecule has 0 radical (unpaired) electrons. The zero-order chi connectivity index (χ0) is 7.68. The predicted octanol–water partition coefficient (Wildman–Crippen LogP) is 2.06. The lowest BCUT2D eigenvalue weighted by molar-refractivity contribution is 1.31. The quantitative estimate of drug-likeness (QED) is 0.671. The molecule has 11 heavy (non-hydrogen) atoms. The van der Waals surface area contributed by atoms with E-state index in [1.165, 1.54) is 0 Å². The van der Waals surface area contributed by atoms with Crippen LogP contribution in [0.3, 0.4) is 0 Å². The molecule has 2 aromatic heterocycles. The lowest BCUT2D eigenvalue weighted by Crippen LogP contribution is -1.70. The monoisotopic (exact) mass is 167 g/mol. The molecule has 0 aromatic carbocycles. The maximum Gasteiger partial charge on any atom is 0.200 e. The number of hydrogen-bond donors (Lipinski definition) is 2. The average molecular weight is 168 g/mol. The topological polar surface area (TPSA) is 44.5 Å². The van der Waals surface area contributed by atoms with Gasteiger partial charge in [-0.05, 0) is 17.7 Å². The number of H-pyrrole nitrogens is 2. The van der Waals surface area contributed by atoms with Crippen molar-refractivity contribution in [1.82, 2.24) is 15.0 Å². The minimum atomic E-state index is 0.418. The van der Waals surface area contributed by atoms with Crippen LogP contribution < -0.4 is 0 Å². The summed E-state index contributed by atoms with van der Waals surface area (Å²) in [4.78, 5) is 9.73. The van der Waals surface area contributed by atoms with E-state index >= 15 is 0 Å². The van der Waals surface area contributed by atoms with Gasteiger partial charge in [-0.15, -0.1) is 0 Å². The highest BCUT2D eigenvalue weighted by atomic mass is 35.5. The summed E-state index contributed by atoms with van der Waals surface area (Å²) < 4.78 is 0. The second kappa shape index (κ2) is 2.43. The molecule has 0 amide bonds. The Morgan fingerprint density at radius 1 is 1.45 bits per heavy atom. The van der Waals surface area contributed by atoms with Crippen molar-refractivity contribution in [3.63, 3.8) is 0 Å². The first-order valence-electron chi connectivity index (χ1n) is 3.20. The third-order valence-electron chi connectivity index (χ3n) is 1.45. The molecule has 0 fully saturated rings. The Morgan fingerprint density at radius 3 is 2.91 bits per heavy atom. The van der Waals surface area contributed by atoms with Gasteiger partial charge in [0.1, 0.15) is 0 Å². The van der Waals surface area contributed by atoms with Gasteiger partial charge in [0.2, 0.25) is 0 Å². The molecule has 2 rings (SSSR count). The minimum Gasteiger partial charge on any atom is -0.367 e. The van der Waals surface area contributed by atoms with Crippen LogP contribution in [0.25, 0.3) is 11.3 Å². The van der Waals surface area contributed by atoms with Crippen LogP contribution in [0.2, 0.25) is 5.28 Å². The van der Waals surface area contributed by atoms with E-state index < -0.39 is 0 Å². The number of aromatic amines is 2. The van der Waals surface area contributed by atoms with Gasteiger partial charge in [0.05, 0.1) is 11.9 Å². The third kappa shape index (κ3) is 1.14. The molecular weight excluding hydrogens is 162 g/mol. The van der Waals surface area contributed by atoms with Crippen LogP contribution in [0, 0.1) is 0 Å². The molecule has 2 heterocycles. The van der Waals surface area contributed by atoms with Crippen molar-refractivity contribution in [2.75, 3.05) is 0 Å². The molecule has 3 nitrogen and oxygen atoms in total. The number of hydrogen-bond acceptors (Lipinski definition) is 1. The number of nitrogens with zero attached hydrogens (tertiary/aromatic N) is 1. The summed E-state index contributed by atoms with van der Waals surface area (Å²) in [6.07, 6.45) is 5.43. The van der Waals surface area contributed by atoms with Gasteiger partial charge in [-0.25, -0.2) is 4.98 Å². The van der Waals surface area contributed by atoms with Gasteiger partial charge in [-0.2, -0.15) is 0 Å². The first kappa shape index (κ1) is 6.49. The second-order valence-electron chi connectivity index (χ2n) is 2.19. The largest absolute Gasteiger partial charge is 0.367 e. The summed E-state index contributed by atoms with van der Waals surface area (Å²) >= 11 is 5.60. The van der Waals surface area contributed by atoms with Crippen molar-refractivity contribution < 1.29 is 0 Å². The van der Waals surface area contributed by atoms with E-state index in [0.717, 1.165) is 11.3 Å². The zero-order valence-corrected chi connectivity index (χ0v) is 6.39. The highest BCUT2D eigenvalue weighted by Crippen LogP contribution is 2.16. The number of nitrogens with one attached hydrogen (secondary N) is 2. The van der Waals surface area contributed by atoms with Crippen LogP contribution >= 0.6 is 11.6 Å². The molecule has 0 unspecified atom stereocenters. The van der Waals surface area contributed by atoms with Gasteiger partial charge < -0.3 is 9.97 Å². The van der Waals surface area contributed by atoms with Gasteiger partial charge in [0.25, 0.3) is 0 Å². The van der Waals surface area contributed by atoms with Crippen LogP contribution in [0.4, 0.5) is 0 Å². The number of halogens is 1. The zero-order valence-electron chi connectivity index (χ0n) is 5.63. The Hall–Kier alpha value is -1.22. The maximum absolute atomic E-state index is 5.60. The Bertz CT molecular complexity index is 336. The lowest BCUT2D eigenvalue weighted by atomic mass is 10.3. The van der Waals surface area contributed by atoms with Crippen LogP contribution in [0.5, 0.6) is 0 Å². The van der Waals surface area contributed by atoms with Crippen molar-refractivity contribution in [1.29, 1.82) is 0 Å². The normalized spacial score (nSPS) is 10.3. The Labute approximate surface area is 68.4 Å². The lowest BCUT2D eigenvalue weighted by Gasteiger charge is -1.86. The summed E-state index contributed by atoms with van der Waals surface area (Å²) in [7, 11) is 0. The van der Waals surface area contributed by atoms with Gasteiger partial charge in [0.15, 0.2) is 5.28 Å². The second-order valence-corrected chi connectivity index (χ2v) is 2.55. The van der Waals surface area contributed by atoms with Crippen molar-refractivity contribution >= 4 is 11.6 Å². The van der Waals surface area contributed by atoms with E-state index in [0.29, 0.717) is 5.28 Å². The molecule has 0 saturated heterocycles. The number of aromatic nitrogens is 3. The summed E-state index contributed by atoms with van der Waals surface area (Å²) in [6, 6.07) is 1.95. The van der Waals surface area contributed by atoms with Gasteiger partial charge in [0, 0.05) is 18.0 Å². The van der Waals surface area contributed by atoms with E-state index in [2.05, 4.69) is 15.0 Å². The molecule has 0 bridgehead atoms. The van der Waals surface area contributed by atoms with Crippen molar-refractivity contribution in [3.8, 4) is 11.3 Å². The first-order chi connectivity index (χ1) is 5.36. The van der Waals surface area contributed by atoms with E-state index in [4.69, 9.17) is 11.6 Å². The molecule has 0 atom stereocenters. The fourth-order valence-corrected chi connectivity index (χ4v) is 1.09. The first-order valence-corrected chi connectivity index (χ1v) is 3.58. The van der Waals surface area contributed by atoms with Gasteiger partial charge >= 0.3 is 0 Å². The van der Waals surface area contributed by atoms with Crippen LogP contribution in [0.15, 0.2) is 24.7 Å². The Kier molecular flexibility index (Phi) is 1.43. The fourth-order valence-electron chi connectivity index (χ4n) is 0.935. The van der Waals surface area contributed by atoms with Crippen LogP contribution in [-0.4, -0.2) is 15.0 Å². The summed E-state index contributed by atoms with van der Waals surface area (Å²) in [5.74, 6) is 0. The Balaban J connectivity index is 2.45. The molecule has 0 saturated carbocycles. The molecule has 4 heteroatoms. The molecule has 2 N–H and O–H groups in total.